The van der Waals surface area contributed by atoms with Gasteiger partial charge in [0.15, 0.2) is 0 Å². The maximum Gasteiger partial charge on any atom is 0.307 e. The van der Waals surface area contributed by atoms with Gasteiger partial charge in [-0.15, -0.1) is 0 Å². The van der Waals surface area contributed by atoms with Crippen molar-refractivity contribution in [2.24, 2.45) is 0 Å². The molecule has 2 rings (SSSR count). The molecule has 152 valence electrons. The lowest BCUT2D eigenvalue weighted by molar-refractivity contribution is -0.144. The van der Waals surface area contributed by atoms with E-state index >= 15 is 0 Å². The minimum Gasteiger partial charge on any atom is -0.466 e. The Morgan fingerprint density at radius 2 is 1.14 bits per heavy atom. The highest BCUT2D eigenvalue weighted by molar-refractivity contribution is 5.73. The standard InChI is InChI=1S/C26H36O2/c1-9-28-23(27)18-26(8,21-14-10-12-19(16-21)24(2,3)4)22-15-11-13-20(17-22)25(5,6)7/h10-17H,9,18H2,1-8H3. The van der Waals surface area contributed by atoms with Crippen molar-refractivity contribution in [1.82, 2.24) is 0 Å². The molecule has 0 aliphatic rings. The first-order chi connectivity index (χ1) is 12.9. The fourth-order valence-corrected chi connectivity index (χ4v) is 3.53. The molecular weight excluding hydrogens is 344 g/mol. The van der Waals surface area contributed by atoms with Crippen LogP contribution in [0.2, 0.25) is 0 Å². The summed E-state index contributed by atoms with van der Waals surface area (Å²) in [6, 6.07) is 17.3. The number of rotatable bonds is 5. The highest BCUT2D eigenvalue weighted by Crippen LogP contribution is 2.39. The van der Waals surface area contributed by atoms with Crippen LogP contribution >= 0.6 is 0 Å². The molecule has 0 aromatic heterocycles. The first kappa shape index (κ1) is 22.2. The minimum absolute atomic E-state index is 0.0497. The van der Waals surface area contributed by atoms with Crippen LogP contribution in [0.25, 0.3) is 0 Å². The Hall–Kier alpha value is -2.09. The molecule has 0 N–H and O–H groups in total. The van der Waals surface area contributed by atoms with E-state index in [-0.39, 0.29) is 16.8 Å². The van der Waals surface area contributed by atoms with Gasteiger partial charge in [-0.3, -0.25) is 4.79 Å². The lowest BCUT2D eigenvalue weighted by atomic mass is 9.71. The van der Waals surface area contributed by atoms with E-state index in [4.69, 9.17) is 4.74 Å². The number of hydrogen-bond donors (Lipinski definition) is 0. The van der Waals surface area contributed by atoms with Gasteiger partial charge in [0.2, 0.25) is 0 Å². The van der Waals surface area contributed by atoms with E-state index in [0.717, 1.165) is 11.1 Å². The zero-order valence-corrected chi connectivity index (χ0v) is 18.8. The molecule has 0 unspecified atom stereocenters. The van der Waals surface area contributed by atoms with Gasteiger partial charge in [0, 0.05) is 5.41 Å². The van der Waals surface area contributed by atoms with Crippen LogP contribution in [0.15, 0.2) is 48.5 Å². The van der Waals surface area contributed by atoms with Gasteiger partial charge in [0.05, 0.1) is 13.0 Å². The Labute approximate surface area is 171 Å². The fraction of sp³-hybridized carbons (Fsp3) is 0.500. The summed E-state index contributed by atoms with van der Waals surface area (Å²) in [6.07, 6.45) is 0.321. The lowest BCUT2D eigenvalue weighted by Gasteiger charge is -2.33. The Bertz CT molecular complexity index is 761. The summed E-state index contributed by atoms with van der Waals surface area (Å²) in [5.74, 6) is -0.160. The molecule has 2 aromatic rings. The van der Waals surface area contributed by atoms with Crippen LogP contribution in [-0.4, -0.2) is 12.6 Å². The van der Waals surface area contributed by atoms with Crippen molar-refractivity contribution in [3.05, 3.63) is 70.8 Å². The average molecular weight is 381 g/mol. The van der Waals surface area contributed by atoms with E-state index in [0.29, 0.717) is 13.0 Å². The molecule has 2 nitrogen and oxygen atoms in total. The maximum absolute atomic E-state index is 12.5. The van der Waals surface area contributed by atoms with Gasteiger partial charge in [-0.1, -0.05) is 97.0 Å². The summed E-state index contributed by atoms with van der Waals surface area (Å²) in [7, 11) is 0. The molecule has 0 bridgehead atoms. The van der Waals surface area contributed by atoms with Crippen LogP contribution < -0.4 is 0 Å². The van der Waals surface area contributed by atoms with E-state index < -0.39 is 5.41 Å². The van der Waals surface area contributed by atoms with Gasteiger partial charge in [-0.2, -0.15) is 0 Å². The predicted octanol–water partition coefficient (Wildman–Crippen LogP) is 6.54. The third-order valence-electron chi connectivity index (χ3n) is 5.53. The van der Waals surface area contributed by atoms with Crippen molar-refractivity contribution in [2.45, 2.75) is 78.1 Å². The van der Waals surface area contributed by atoms with Crippen molar-refractivity contribution in [3.8, 4) is 0 Å². The second-order valence-electron chi connectivity index (χ2n) is 9.98. The van der Waals surface area contributed by atoms with Crippen LogP contribution in [0, 0.1) is 0 Å². The molecule has 0 saturated carbocycles. The van der Waals surface area contributed by atoms with Crippen molar-refractivity contribution in [3.63, 3.8) is 0 Å². The van der Waals surface area contributed by atoms with Crippen LogP contribution in [0.4, 0.5) is 0 Å². The third kappa shape index (κ3) is 5.04. The first-order valence-corrected chi connectivity index (χ1v) is 10.3. The number of carbonyl (C=O) groups is 1. The number of esters is 1. The number of benzene rings is 2. The summed E-state index contributed by atoms with van der Waals surface area (Å²) in [4.78, 5) is 12.5. The molecule has 0 spiro atoms. The van der Waals surface area contributed by atoms with E-state index in [1.807, 2.05) is 6.92 Å². The van der Waals surface area contributed by atoms with E-state index in [1.54, 1.807) is 0 Å². The predicted molar refractivity (Wildman–Crippen MR) is 118 cm³/mol. The quantitative estimate of drug-likeness (QED) is 0.550. The summed E-state index contributed by atoms with van der Waals surface area (Å²) in [5, 5.41) is 0. The molecule has 2 aromatic carbocycles. The molecule has 0 fully saturated rings. The Balaban J connectivity index is 2.64. The van der Waals surface area contributed by atoms with Crippen molar-refractivity contribution >= 4 is 5.97 Å². The second-order valence-corrected chi connectivity index (χ2v) is 9.98. The number of ether oxygens (including phenoxy) is 1. The van der Waals surface area contributed by atoms with Crippen LogP contribution in [-0.2, 0) is 25.8 Å². The molecule has 0 amide bonds. The topological polar surface area (TPSA) is 26.3 Å². The molecule has 0 atom stereocenters. The Morgan fingerprint density at radius 3 is 1.50 bits per heavy atom. The van der Waals surface area contributed by atoms with Crippen molar-refractivity contribution < 1.29 is 9.53 Å². The van der Waals surface area contributed by atoms with Crippen LogP contribution in [0.3, 0.4) is 0 Å². The molecule has 0 aliphatic heterocycles. The normalized spacial score (nSPS) is 12.7. The third-order valence-corrected chi connectivity index (χ3v) is 5.53. The van der Waals surface area contributed by atoms with Gasteiger partial charge in [-0.25, -0.2) is 0 Å². The van der Waals surface area contributed by atoms with E-state index in [1.165, 1.54) is 11.1 Å². The number of carbonyl (C=O) groups excluding carboxylic acids is 1. The molecule has 2 heteroatoms. The summed E-state index contributed by atoms with van der Waals surface area (Å²) in [5.41, 5.74) is 4.49. The summed E-state index contributed by atoms with van der Waals surface area (Å²) < 4.78 is 5.34. The zero-order chi connectivity index (χ0) is 21.2. The van der Waals surface area contributed by atoms with Crippen LogP contribution in [0.5, 0.6) is 0 Å². The monoisotopic (exact) mass is 380 g/mol. The fourth-order valence-electron chi connectivity index (χ4n) is 3.53. The summed E-state index contributed by atoms with van der Waals surface area (Å²) in [6.45, 7) is 17.7. The first-order valence-electron chi connectivity index (χ1n) is 10.3. The highest BCUT2D eigenvalue weighted by Gasteiger charge is 2.34. The van der Waals surface area contributed by atoms with Gasteiger partial charge < -0.3 is 4.74 Å². The zero-order valence-electron chi connectivity index (χ0n) is 18.8. The van der Waals surface area contributed by atoms with E-state index in [2.05, 4.69) is 97.0 Å². The number of hydrogen-bond acceptors (Lipinski definition) is 2. The SMILES string of the molecule is CCOC(=O)CC(C)(c1cccc(C(C)(C)C)c1)c1cccc(C(C)(C)C)c1. The molecule has 0 radical (unpaired) electrons. The molecule has 0 heterocycles. The summed E-state index contributed by atoms with van der Waals surface area (Å²) >= 11 is 0. The minimum atomic E-state index is -0.450. The Kier molecular flexibility index (Phi) is 6.43. The maximum atomic E-state index is 12.5. The Morgan fingerprint density at radius 1 is 0.750 bits per heavy atom. The second kappa shape index (κ2) is 8.11. The van der Waals surface area contributed by atoms with Gasteiger partial charge in [0.25, 0.3) is 0 Å². The van der Waals surface area contributed by atoms with E-state index in [9.17, 15) is 4.79 Å². The van der Waals surface area contributed by atoms with Crippen molar-refractivity contribution in [1.29, 1.82) is 0 Å². The van der Waals surface area contributed by atoms with Gasteiger partial charge >= 0.3 is 5.97 Å². The smallest absolute Gasteiger partial charge is 0.307 e. The highest BCUT2D eigenvalue weighted by atomic mass is 16.5. The van der Waals surface area contributed by atoms with Gasteiger partial charge in [0.1, 0.15) is 0 Å². The molecule has 0 aliphatic carbocycles. The molecular formula is C26H36O2. The molecule has 28 heavy (non-hydrogen) atoms. The van der Waals surface area contributed by atoms with Gasteiger partial charge in [-0.05, 0) is 40.0 Å². The average Bonchev–Trinajstić information content (AvgIpc) is 2.60. The molecule has 0 saturated heterocycles. The van der Waals surface area contributed by atoms with Crippen molar-refractivity contribution in [2.75, 3.05) is 6.61 Å². The van der Waals surface area contributed by atoms with Crippen LogP contribution in [0.1, 0.15) is 84.1 Å². The lowest BCUT2D eigenvalue weighted by Crippen LogP contribution is -2.29. The largest absolute Gasteiger partial charge is 0.466 e.